The van der Waals surface area contributed by atoms with Gasteiger partial charge in [0, 0.05) is 48.4 Å². The van der Waals surface area contributed by atoms with Gasteiger partial charge in [-0.05, 0) is 30.5 Å². The highest BCUT2D eigenvalue weighted by molar-refractivity contribution is 6.30. The molecule has 2 aliphatic rings. The molecule has 2 aromatic rings. The molecular formula is C17H20Cl2N4O. The van der Waals surface area contributed by atoms with E-state index in [1.54, 1.807) is 0 Å². The van der Waals surface area contributed by atoms with Crippen LogP contribution in [0.5, 0.6) is 0 Å². The number of amides is 1. The maximum absolute atomic E-state index is 13.0. The number of H-pyrrole nitrogens is 1. The molecule has 7 heteroatoms. The third kappa shape index (κ3) is 3.43. The van der Waals surface area contributed by atoms with Crippen LogP contribution >= 0.6 is 24.0 Å². The lowest BCUT2D eigenvalue weighted by Gasteiger charge is -2.23. The fourth-order valence-electron chi connectivity index (χ4n) is 3.08. The van der Waals surface area contributed by atoms with Crippen LogP contribution in [-0.4, -0.2) is 33.6 Å². The molecule has 0 saturated heterocycles. The second-order valence-corrected chi connectivity index (χ2v) is 6.68. The molecule has 0 radical (unpaired) electrons. The van der Waals surface area contributed by atoms with Crippen LogP contribution < -0.4 is 5.32 Å². The first-order chi connectivity index (χ1) is 11.2. The van der Waals surface area contributed by atoms with Crippen LogP contribution in [0.3, 0.4) is 0 Å². The summed E-state index contributed by atoms with van der Waals surface area (Å²) in [5.74, 6) is 0.0312. The number of halogens is 2. The Morgan fingerprint density at radius 2 is 2.04 bits per heavy atom. The average molecular weight is 367 g/mol. The summed E-state index contributed by atoms with van der Waals surface area (Å²) in [6.45, 7) is 2.25. The summed E-state index contributed by atoms with van der Waals surface area (Å²) in [6, 6.07) is 8.03. The molecule has 5 nitrogen and oxygen atoms in total. The zero-order chi connectivity index (χ0) is 15.8. The third-order valence-corrected chi connectivity index (χ3v) is 4.78. The minimum atomic E-state index is 0. The van der Waals surface area contributed by atoms with E-state index in [0.29, 0.717) is 29.8 Å². The molecule has 0 unspecified atom stereocenters. The molecule has 1 amide bonds. The number of carbonyl (C=O) groups is 1. The van der Waals surface area contributed by atoms with Crippen molar-refractivity contribution < 1.29 is 4.79 Å². The second-order valence-electron chi connectivity index (χ2n) is 6.25. The van der Waals surface area contributed by atoms with Crippen molar-refractivity contribution in [1.29, 1.82) is 0 Å². The number of hydrogen-bond acceptors (Lipinski definition) is 3. The first-order valence-electron chi connectivity index (χ1n) is 8.04. The zero-order valence-corrected chi connectivity index (χ0v) is 14.8. The van der Waals surface area contributed by atoms with Crippen molar-refractivity contribution in [2.24, 2.45) is 0 Å². The molecule has 4 rings (SSSR count). The Labute approximate surface area is 152 Å². The fourth-order valence-corrected chi connectivity index (χ4v) is 3.20. The molecule has 2 N–H and O–H groups in total. The van der Waals surface area contributed by atoms with Crippen molar-refractivity contribution in [3.8, 4) is 0 Å². The summed E-state index contributed by atoms with van der Waals surface area (Å²) in [7, 11) is 0. The Bertz CT molecular complexity index is 725. The largest absolute Gasteiger partial charge is 0.330 e. The van der Waals surface area contributed by atoms with Crippen LogP contribution in [0.25, 0.3) is 0 Å². The molecule has 1 aromatic carbocycles. The van der Waals surface area contributed by atoms with Gasteiger partial charge in [0.1, 0.15) is 0 Å². The van der Waals surface area contributed by atoms with Crippen molar-refractivity contribution in [2.45, 2.75) is 38.4 Å². The van der Waals surface area contributed by atoms with Gasteiger partial charge in [0.05, 0.1) is 0 Å². The number of fused-ring (bicyclic) bond motifs is 1. The van der Waals surface area contributed by atoms with Gasteiger partial charge >= 0.3 is 0 Å². The van der Waals surface area contributed by atoms with Gasteiger partial charge in [-0.25, -0.2) is 0 Å². The molecule has 1 aliphatic heterocycles. The number of nitrogens with zero attached hydrogens (tertiary/aromatic N) is 2. The number of rotatable bonds is 4. The minimum Gasteiger partial charge on any atom is -0.330 e. The normalized spacial score (nSPS) is 16.2. The van der Waals surface area contributed by atoms with Crippen molar-refractivity contribution in [2.75, 3.05) is 6.54 Å². The molecule has 128 valence electrons. The smallest absolute Gasteiger partial charge is 0.275 e. The van der Waals surface area contributed by atoms with Crippen LogP contribution in [0.2, 0.25) is 5.02 Å². The van der Waals surface area contributed by atoms with Crippen LogP contribution in [0.4, 0.5) is 0 Å². The van der Waals surface area contributed by atoms with Crippen molar-refractivity contribution >= 4 is 29.9 Å². The van der Waals surface area contributed by atoms with Crippen molar-refractivity contribution in [3.05, 3.63) is 51.8 Å². The maximum atomic E-state index is 13.0. The Balaban J connectivity index is 0.00000169. The lowest BCUT2D eigenvalue weighted by molar-refractivity contribution is 0.0722. The Hall–Kier alpha value is -1.56. The first kappa shape index (κ1) is 17.3. The quantitative estimate of drug-likeness (QED) is 0.874. The molecule has 0 bridgehead atoms. The third-order valence-electron chi connectivity index (χ3n) is 4.52. The van der Waals surface area contributed by atoms with Crippen LogP contribution in [0, 0.1) is 0 Å². The van der Waals surface area contributed by atoms with E-state index in [2.05, 4.69) is 15.5 Å². The molecule has 0 atom stereocenters. The Morgan fingerprint density at radius 1 is 1.29 bits per heavy atom. The number of aromatic amines is 1. The van der Waals surface area contributed by atoms with Gasteiger partial charge in [0.2, 0.25) is 0 Å². The number of nitrogens with one attached hydrogen (secondary N) is 2. The second kappa shape index (κ2) is 7.13. The average Bonchev–Trinajstić information content (AvgIpc) is 3.32. The summed E-state index contributed by atoms with van der Waals surface area (Å²) >= 11 is 5.94. The highest BCUT2D eigenvalue weighted by atomic mass is 35.5. The lowest BCUT2D eigenvalue weighted by Crippen LogP contribution is -2.34. The van der Waals surface area contributed by atoms with Crippen molar-refractivity contribution in [3.63, 3.8) is 0 Å². The Kier molecular flexibility index (Phi) is 5.13. The predicted octanol–water partition coefficient (Wildman–Crippen LogP) is 2.94. The number of carbonyl (C=O) groups excluding carboxylic acids is 1. The summed E-state index contributed by atoms with van der Waals surface area (Å²) in [4.78, 5) is 15.0. The summed E-state index contributed by atoms with van der Waals surface area (Å²) < 4.78 is 0. The predicted molar refractivity (Wildman–Crippen MR) is 95.6 cm³/mol. The van der Waals surface area contributed by atoms with Gasteiger partial charge in [-0.2, -0.15) is 5.10 Å². The number of hydrogen-bond donors (Lipinski definition) is 2. The van der Waals surface area contributed by atoms with E-state index in [4.69, 9.17) is 11.6 Å². The standard InChI is InChI=1S/C17H19ClN4O.ClH/c18-12-3-1-11(2-4-12)10-22(13-5-6-13)17(23)16-14-9-19-8-7-15(14)20-21-16;/h1-4,13,19H,5-10H2,(H,20,21);1H. The molecule has 0 spiro atoms. The van der Waals surface area contributed by atoms with Crippen molar-refractivity contribution in [1.82, 2.24) is 20.4 Å². The summed E-state index contributed by atoms with van der Waals surface area (Å²) in [6.07, 6.45) is 3.05. The maximum Gasteiger partial charge on any atom is 0.275 e. The molecule has 1 fully saturated rings. The SMILES string of the molecule is Cl.O=C(c1n[nH]c2c1CNCC2)N(Cc1ccc(Cl)cc1)C1CC1. The highest BCUT2D eigenvalue weighted by Gasteiger charge is 2.35. The summed E-state index contributed by atoms with van der Waals surface area (Å²) in [5, 5.41) is 11.4. The van der Waals surface area contributed by atoms with Gasteiger partial charge in [0.25, 0.3) is 5.91 Å². The van der Waals surface area contributed by atoms with Crippen LogP contribution in [0.1, 0.15) is 40.2 Å². The fraction of sp³-hybridized carbons (Fsp3) is 0.412. The summed E-state index contributed by atoms with van der Waals surface area (Å²) in [5.41, 5.74) is 3.79. The van der Waals surface area contributed by atoms with E-state index in [0.717, 1.165) is 42.6 Å². The first-order valence-corrected chi connectivity index (χ1v) is 8.42. The van der Waals surface area contributed by atoms with Gasteiger partial charge in [-0.1, -0.05) is 23.7 Å². The van der Waals surface area contributed by atoms with E-state index in [9.17, 15) is 4.79 Å². The van der Waals surface area contributed by atoms with Gasteiger partial charge in [-0.3, -0.25) is 9.89 Å². The molecule has 1 aromatic heterocycles. The van der Waals surface area contributed by atoms with Crippen LogP contribution in [0.15, 0.2) is 24.3 Å². The zero-order valence-electron chi connectivity index (χ0n) is 13.2. The van der Waals surface area contributed by atoms with Gasteiger partial charge in [-0.15, -0.1) is 12.4 Å². The molecule has 24 heavy (non-hydrogen) atoms. The van der Waals surface area contributed by atoms with E-state index < -0.39 is 0 Å². The lowest BCUT2D eigenvalue weighted by atomic mass is 10.1. The van der Waals surface area contributed by atoms with E-state index in [-0.39, 0.29) is 18.3 Å². The minimum absolute atomic E-state index is 0. The molecule has 1 saturated carbocycles. The monoisotopic (exact) mass is 366 g/mol. The van der Waals surface area contributed by atoms with E-state index in [1.165, 1.54) is 0 Å². The molecule has 2 heterocycles. The van der Waals surface area contributed by atoms with Gasteiger partial charge < -0.3 is 10.2 Å². The van der Waals surface area contributed by atoms with Crippen LogP contribution in [-0.2, 0) is 19.5 Å². The molecular weight excluding hydrogens is 347 g/mol. The number of aromatic nitrogens is 2. The molecule has 1 aliphatic carbocycles. The van der Waals surface area contributed by atoms with E-state index in [1.807, 2.05) is 29.2 Å². The number of benzene rings is 1. The van der Waals surface area contributed by atoms with E-state index >= 15 is 0 Å². The highest BCUT2D eigenvalue weighted by Crippen LogP contribution is 2.31. The topological polar surface area (TPSA) is 61.0 Å². The van der Waals surface area contributed by atoms with Gasteiger partial charge in [0.15, 0.2) is 5.69 Å². The Morgan fingerprint density at radius 3 is 2.75 bits per heavy atom.